The lowest BCUT2D eigenvalue weighted by atomic mass is 9.95. The molecule has 2 aliphatic heterocycles. The van der Waals surface area contributed by atoms with Crippen LogP contribution in [0.4, 0.5) is 4.79 Å². The quantitative estimate of drug-likeness (QED) is 0.620. The molecule has 2 bridgehead atoms. The number of hydroxylamine groups is 2. The molecular weight excluding hydrogens is 314 g/mol. The number of aliphatic imine (C=N–C) groups is 1. The third-order valence-electron chi connectivity index (χ3n) is 3.95. The van der Waals surface area contributed by atoms with E-state index in [0.29, 0.717) is 16.3 Å². The van der Waals surface area contributed by atoms with Crippen molar-refractivity contribution in [1.82, 2.24) is 19.7 Å². The Labute approximate surface area is 126 Å². The Morgan fingerprint density at radius 1 is 1.55 bits per heavy atom. The third kappa shape index (κ3) is 2.09. The van der Waals surface area contributed by atoms with E-state index in [1.165, 1.54) is 4.90 Å². The summed E-state index contributed by atoms with van der Waals surface area (Å²) in [6, 6.07) is -1.75. The molecule has 0 aliphatic carbocycles. The number of amides is 2. The molecule has 2 atom stereocenters. The summed E-state index contributed by atoms with van der Waals surface area (Å²) in [6.07, 6.45) is 1.56. The van der Waals surface area contributed by atoms with Gasteiger partial charge in [-0.15, -0.1) is 4.28 Å². The number of hydrogen-bond acceptors (Lipinski definition) is 6. The maximum absolute atomic E-state index is 12.4. The predicted octanol–water partition coefficient (Wildman–Crippen LogP) is 0.0786. The highest BCUT2D eigenvalue weighted by atomic mass is 32.3. The van der Waals surface area contributed by atoms with E-state index >= 15 is 0 Å². The Balaban J connectivity index is 2.13. The van der Waals surface area contributed by atoms with Crippen LogP contribution in [0.1, 0.15) is 30.3 Å². The highest BCUT2D eigenvalue weighted by Crippen LogP contribution is 2.44. The first-order valence-electron chi connectivity index (χ1n) is 6.46. The van der Waals surface area contributed by atoms with Crippen LogP contribution in [-0.2, 0) is 21.7 Å². The van der Waals surface area contributed by atoms with E-state index in [4.69, 9.17) is 4.55 Å². The first kappa shape index (κ1) is 14.9. The molecule has 0 aromatic carbocycles. The average Bonchev–Trinajstić information content (AvgIpc) is 2.93. The van der Waals surface area contributed by atoms with Gasteiger partial charge >= 0.3 is 16.4 Å². The summed E-state index contributed by atoms with van der Waals surface area (Å²) in [4.78, 5) is 18.0. The zero-order chi connectivity index (χ0) is 16.2. The topological polar surface area (TPSA) is 117 Å². The molecule has 3 heterocycles. The van der Waals surface area contributed by atoms with Gasteiger partial charge in [0.15, 0.2) is 0 Å². The molecule has 1 saturated heterocycles. The number of hydrogen-bond donors (Lipinski definition) is 1. The number of aromatic nitrogens is 2. The van der Waals surface area contributed by atoms with Crippen molar-refractivity contribution in [2.75, 3.05) is 13.6 Å². The van der Waals surface area contributed by atoms with Gasteiger partial charge in [-0.2, -0.15) is 18.6 Å². The minimum absolute atomic E-state index is 0.227. The molecule has 120 valence electrons. The molecule has 1 N–H and O–H groups in total. The van der Waals surface area contributed by atoms with Crippen LogP contribution in [0.3, 0.4) is 0 Å². The largest absolute Gasteiger partial charge is 0.418 e. The zero-order valence-electron chi connectivity index (χ0n) is 12.2. The standard InChI is InChI=1S/C11H15N5O5S/c1-6(12-2)9-10-7(4-13-14(10)3)8-5-15(9)11(17)16(8)21-22(18,19)20/h4,8-9H,5H2,1-3H3,(H,18,19,20)/t8-,9+/m0/s1. The molecular formula is C11H15N5O5S. The first-order chi connectivity index (χ1) is 10.2. The molecule has 10 nitrogen and oxygen atoms in total. The first-order valence-corrected chi connectivity index (χ1v) is 7.83. The second-order valence-corrected chi connectivity index (χ2v) is 6.16. The van der Waals surface area contributed by atoms with Crippen LogP contribution in [0, 0.1) is 0 Å². The van der Waals surface area contributed by atoms with Crippen molar-refractivity contribution in [3.8, 4) is 0 Å². The number of nitrogens with zero attached hydrogens (tertiary/aromatic N) is 5. The van der Waals surface area contributed by atoms with E-state index in [-0.39, 0.29) is 6.54 Å². The van der Waals surface area contributed by atoms with Gasteiger partial charge in [-0.05, 0) is 6.92 Å². The van der Waals surface area contributed by atoms with Gasteiger partial charge in [0.25, 0.3) is 0 Å². The van der Waals surface area contributed by atoms with Crippen molar-refractivity contribution in [3.63, 3.8) is 0 Å². The summed E-state index contributed by atoms with van der Waals surface area (Å²) in [6.45, 7) is 2.01. The summed E-state index contributed by atoms with van der Waals surface area (Å²) < 4.78 is 36.9. The smallest absolute Gasteiger partial charge is 0.306 e. The Kier molecular flexibility index (Phi) is 3.23. The van der Waals surface area contributed by atoms with Gasteiger partial charge in [0.2, 0.25) is 0 Å². The second kappa shape index (κ2) is 4.76. The zero-order valence-corrected chi connectivity index (χ0v) is 13.0. The van der Waals surface area contributed by atoms with Gasteiger partial charge < -0.3 is 4.90 Å². The fraction of sp³-hybridized carbons (Fsp3) is 0.545. The lowest BCUT2D eigenvalue weighted by Crippen LogP contribution is -2.38. The van der Waals surface area contributed by atoms with Crippen LogP contribution in [-0.4, -0.2) is 58.0 Å². The van der Waals surface area contributed by atoms with E-state index in [2.05, 4.69) is 14.4 Å². The van der Waals surface area contributed by atoms with Crippen LogP contribution >= 0.6 is 0 Å². The van der Waals surface area contributed by atoms with Gasteiger partial charge in [0, 0.05) is 25.4 Å². The Morgan fingerprint density at radius 3 is 2.82 bits per heavy atom. The van der Waals surface area contributed by atoms with Crippen molar-refractivity contribution in [2.24, 2.45) is 12.0 Å². The molecule has 11 heteroatoms. The molecule has 0 unspecified atom stereocenters. The highest BCUT2D eigenvalue weighted by Gasteiger charge is 2.52. The van der Waals surface area contributed by atoms with E-state index < -0.39 is 28.5 Å². The number of carbonyl (C=O) groups is 1. The van der Waals surface area contributed by atoms with Gasteiger partial charge in [-0.1, -0.05) is 0 Å². The van der Waals surface area contributed by atoms with E-state index in [9.17, 15) is 13.2 Å². The third-order valence-corrected chi connectivity index (χ3v) is 4.30. The summed E-state index contributed by atoms with van der Waals surface area (Å²) >= 11 is 0. The number of urea groups is 1. The summed E-state index contributed by atoms with van der Waals surface area (Å²) in [7, 11) is -1.45. The predicted molar refractivity (Wildman–Crippen MR) is 74.3 cm³/mol. The molecule has 2 amide bonds. The second-order valence-electron chi connectivity index (χ2n) is 5.16. The number of fused-ring (bicyclic) bond motifs is 4. The van der Waals surface area contributed by atoms with Crippen molar-refractivity contribution < 1.29 is 22.0 Å². The summed E-state index contributed by atoms with van der Waals surface area (Å²) in [5.41, 5.74) is 2.10. The Morgan fingerprint density at radius 2 is 2.23 bits per heavy atom. The molecule has 3 rings (SSSR count). The van der Waals surface area contributed by atoms with Crippen molar-refractivity contribution in [3.05, 3.63) is 17.5 Å². The van der Waals surface area contributed by atoms with E-state index in [1.807, 2.05) is 0 Å². The Bertz CT molecular complexity index is 770. The maximum Gasteiger partial charge on any atom is 0.418 e. The molecule has 0 saturated carbocycles. The van der Waals surface area contributed by atoms with Crippen LogP contribution < -0.4 is 0 Å². The maximum atomic E-state index is 12.4. The van der Waals surface area contributed by atoms with Gasteiger partial charge in [-0.25, -0.2) is 4.79 Å². The number of carbonyl (C=O) groups excluding carboxylic acids is 1. The molecule has 2 aliphatic rings. The van der Waals surface area contributed by atoms with Gasteiger partial charge in [0.1, 0.15) is 12.1 Å². The molecule has 1 aromatic heterocycles. The molecule has 1 fully saturated rings. The minimum atomic E-state index is -4.80. The van der Waals surface area contributed by atoms with Crippen LogP contribution in [0.5, 0.6) is 0 Å². The fourth-order valence-electron chi connectivity index (χ4n) is 2.97. The number of rotatable bonds is 3. The highest BCUT2D eigenvalue weighted by molar-refractivity contribution is 7.80. The fourth-order valence-corrected chi connectivity index (χ4v) is 3.34. The Hall–Kier alpha value is -1.98. The number of aryl methyl sites for hydroxylation is 1. The SMILES string of the molecule is CN=C(C)[C@@H]1c2c(cnn2C)[C@@H]2CN1C(=O)N2OS(=O)(=O)O. The minimum Gasteiger partial charge on any atom is -0.306 e. The van der Waals surface area contributed by atoms with Gasteiger partial charge in [-0.3, -0.25) is 14.2 Å². The van der Waals surface area contributed by atoms with Crippen molar-refractivity contribution in [1.29, 1.82) is 0 Å². The molecule has 0 spiro atoms. The monoisotopic (exact) mass is 329 g/mol. The molecule has 22 heavy (non-hydrogen) atoms. The van der Waals surface area contributed by atoms with E-state index in [1.54, 1.807) is 31.9 Å². The summed E-state index contributed by atoms with van der Waals surface area (Å²) in [5.74, 6) is 0. The van der Waals surface area contributed by atoms with Gasteiger partial charge in [0.05, 0.1) is 18.4 Å². The lowest BCUT2D eigenvalue weighted by molar-refractivity contribution is -0.0316. The van der Waals surface area contributed by atoms with Crippen molar-refractivity contribution >= 4 is 22.1 Å². The van der Waals surface area contributed by atoms with E-state index in [0.717, 1.165) is 5.69 Å². The van der Waals surface area contributed by atoms with Crippen LogP contribution in [0.2, 0.25) is 0 Å². The normalized spacial score (nSPS) is 24.9. The van der Waals surface area contributed by atoms with Crippen molar-refractivity contribution in [2.45, 2.75) is 19.0 Å². The van der Waals surface area contributed by atoms with Crippen LogP contribution in [0.25, 0.3) is 0 Å². The lowest BCUT2D eigenvalue weighted by Gasteiger charge is -2.31. The molecule has 1 aromatic rings. The molecule has 0 radical (unpaired) electrons. The van der Waals surface area contributed by atoms with Crippen LogP contribution in [0.15, 0.2) is 11.2 Å². The average molecular weight is 329 g/mol. The summed E-state index contributed by atoms with van der Waals surface area (Å²) in [5, 5.41) is 4.83.